The van der Waals surface area contributed by atoms with Crippen LogP contribution in [0.5, 0.6) is 0 Å². The average Bonchev–Trinajstić information content (AvgIpc) is 2.95. The summed E-state index contributed by atoms with van der Waals surface area (Å²) in [5.74, 6) is -0.0929. The van der Waals surface area contributed by atoms with Crippen LogP contribution in [0, 0.1) is 0 Å². The van der Waals surface area contributed by atoms with Crippen LogP contribution in [0.15, 0.2) is 53.0 Å². The summed E-state index contributed by atoms with van der Waals surface area (Å²) >= 11 is 9.52. The molecule has 0 saturated carbocycles. The van der Waals surface area contributed by atoms with E-state index in [9.17, 15) is 13.2 Å². The van der Waals surface area contributed by atoms with Gasteiger partial charge in [0.25, 0.3) is 0 Å². The molecule has 1 amide bonds. The van der Waals surface area contributed by atoms with E-state index >= 15 is 0 Å². The van der Waals surface area contributed by atoms with Crippen LogP contribution in [-0.2, 0) is 14.6 Å². The summed E-state index contributed by atoms with van der Waals surface area (Å²) in [6.07, 6.45) is 0.446. The number of carbonyl (C=O) groups excluding carboxylic acids is 1. The van der Waals surface area contributed by atoms with Crippen LogP contribution in [-0.4, -0.2) is 38.4 Å². The van der Waals surface area contributed by atoms with Crippen molar-refractivity contribution in [2.24, 2.45) is 0 Å². The fourth-order valence-electron chi connectivity index (χ4n) is 3.01. The van der Waals surface area contributed by atoms with E-state index in [4.69, 9.17) is 11.6 Å². The fraction of sp³-hybridized carbons (Fsp3) is 0.278. The number of nitrogens with one attached hydrogen (secondary N) is 1. The minimum absolute atomic E-state index is 0.00727. The molecule has 26 heavy (non-hydrogen) atoms. The van der Waals surface area contributed by atoms with Gasteiger partial charge in [0.1, 0.15) is 0 Å². The van der Waals surface area contributed by atoms with Gasteiger partial charge in [0.2, 0.25) is 5.91 Å². The number of nitrogens with zero attached hydrogens (tertiary/aromatic N) is 1. The maximum atomic E-state index is 12.9. The number of hydrogen-bond donors (Lipinski definition) is 1. The predicted octanol–water partition coefficient (Wildman–Crippen LogP) is 3.73. The summed E-state index contributed by atoms with van der Waals surface area (Å²) < 4.78 is 24.6. The number of amides is 1. The lowest BCUT2D eigenvalue weighted by molar-refractivity contribution is -0.117. The van der Waals surface area contributed by atoms with E-state index < -0.39 is 9.84 Å². The molecule has 3 rings (SSSR count). The lowest BCUT2D eigenvalue weighted by Gasteiger charge is -2.28. The van der Waals surface area contributed by atoms with Crippen LogP contribution in [0.2, 0.25) is 5.02 Å². The van der Waals surface area contributed by atoms with E-state index in [0.717, 1.165) is 4.47 Å². The normalized spacial score (nSPS) is 18.5. The molecule has 1 fully saturated rings. The number of carbonyl (C=O) groups is 1. The smallest absolute Gasteiger partial charge is 0.246 e. The second kappa shape index (κ2) is 7.98. The van der Waals surface area contributed by atoms with Gasteiger partial charge in [-0.3, -0.25) is 4.79 Å². The summed E-state index contributed by atoms with van der Waals surface area (Å²) in [7, 11) is -3.10. The highest BCUT2D eigenvalue weighted by molar-refractivity contribution is 9.10. The van der Waals surface area contributed by atoms with Crippen LogP contribution >= 0.6 is 27.5 Å². The van der Waals surface area contributed by atoms with Crippen molar-refractivity contribution in [3.63, 3.8) is 0 Å². The highest BCUT2D eigenvalue weighted by Crippen LogP contribution is 2.27. The number of anilines is 2. The fourth-order valence-corrected chi connectivity index (χ4v) is 5.45. The van der Waals surface area contributed by atoms with Crippen LogP contribution in [0.3, 0.4) is 0 Å². The third-order valence-corrected chi connectivity index (χ3v) is 6.79. The van der Waals surface area contributed by atoms with Crippen molar-refractivity contribution in [3.8, 4) is 0 Å². The molecule has 0 unspecified atom stereocenters. The maximum absolute atomic E-state index is 12.9. The summed E-state index contributed by atoms with van der Waals surface area (Å²) in [5.41, 5.74) is 1.35. The van der Waals surface area contributed by atoms with Gasteiger partial charge in [-0.05, 0) is 36.8 Å². The molecule has 1 heterocycles. The lowest BCUT2D eigenvalue weighted by Crippen LogP contribution is -2.44. The topological polar surface area (TPSA) is 66.5 Å². The molecule has 5 nitrogen and oxygen atoms in total. The Morgan fingerprint density at radius 2 is 1.96 bits per heavy atom. The molecule has 1 N–H and O–H groups in total. The maximum Gasteiger partial charge on any atom is 0.246 e. The minimum atomic E-state index is -3.10. The first-order valence-corrected chi connectivity index (χ1v) is 11.1. The first-order valence-electron chi connectivity index (χ1n) is 8.12. The molecule has 1 saturated heterocycles. The Hall–Kier alpha value is -1.57. The predicted molar refractivity (Wildman–Crippen MR) is 109 cm³/mol. The monoisotopic (exact) mass is 456 g/mol. The number of benzene rings is 2. The van der Waals surface area contributed by atoms with Crippen molar-refractivity contribution < 1.29 is 13.2 Å². The van der Waals surface area contributed by atoms with Gasteiger partial charge in [0.05, 0.1) is 34.8 Å². The number of sulfone groups is 1. The molecule has 1 atom stereocenters. The van der Waals surface area contributed by atoms with Gasteiger partial charge in [-0.1, -0.05) is 45.7 Å². The second-order valence-electron chi connectivity index (χ2n) is 6.13. The Balaban J connectivity index is 1.79. The van der Waals surface area contributed by atoms with E-state index in [1.54, 1.807) is 17.0 Å². The van der Waals surface area contributed by atoms with Gasteiger partial charge in [0.15, 0.2) is 9.84 Å². The molecular weight excluding hydrogens is 440 g/mol. The zero-order valence-electron chi connectivity index (χ0n) is 13.9. The van der Waals surface area contributed by atoms with Crippen LogP contribution < -0.4 is 10.2 Å². The zero-order valence-corrected chi connectivity index (χ0v) is 17.0. The van der Waals surface area contributed by atoms with Gasteiger partial charge in [-0.15, -0.1) is 0 Å². The summed E-state index contributed by atoms with van der Waals surface area (Å²) in [5, 5.41) is 3.54. The molecule has 2 aromatic rings. The van der Waals surface area contributed by atoms with Gasteiger partial charge in [0, 0.05) is 10.2 Å². The van der Waals surface area contributed by atoms with Crippen LogP contribution in [0.25, 0.3) is 0 Å². The van der Waals surface area contributed by atoms with Gasteiger partial charge < -0.3 is 10.2 Å². The number of halogens is 2. The minimum Gasteiger partial charge on any atom is -0.375 e. The molecule has 0 aliphatic carbocycles. The van der Waals surface area contributed by atoms with Crippen molar-refractivity contribution in [3.05, 3.63) is 58.0 Å². The zero-order chi connectivity index (χ0) is 18.7. The Kier molecular flexibility index (Phi) is 5.89. The van der Waals surface area contributed by atoms with E-state index in [0.29, 0.717) is 22.8 Å². The van der Waals surface area contributed by atoms with Gasteiger partial charge >= 0.3 is 0 Å². The number of rotatable bonds is 5. The van der Waals surface area contributed by atoms with Crippen molar-refractivity contribution >= 4 is 54.7 Å². The first-order chi connectivity index (χ1) is 12.4. The Morgan fingerprint density at radius 1 is 1.23 bits per heavy atom. The molecule has 1 aliphatic rings. The lowest BCUT2D eigenvalue weighted by atomic mass is 10.1. The first kappa shape index (κ1) is 19.2. The molecule has 2 aromatic carbocycles. The third kappa shape index (κ3) is 4.58. The molecule has 138 valence electrons. The number of hydrogen-bond acceptors (Lipinski definition) is 4. The van der Waals surface area contributed by atoms with Crippen LogP contribution in [0.1, 0.15) is 6.42 Å². The molecular formula is C18H18BrClN2O3S. The average molecular weight is 458 g/mol. The Labute approximate surface area is 166 Å². The van der Waals surface area contributed by atoms with Crippen molar-refractivity contribution in [2.45, 2.75) is 12.5 Å². The van der Waals surface area contributed by atoms with Crippen molar-refractivity contribution in [2.75, 3.05) is 28.3 Å². The highest BCUT2D eigenvalue weighted by atomic mass is 79.9. The van der Waals surface area contributed by atoms with Gasteiger partial charge in [-0.2, -0.15) is 0 Å². The van der Waals surface area contributed by atoms with Crippen molar-refractivity contribution in [1.29, 1.82) is 0 Å². The van der Waals surface area contributed by atoms with E-state index in [-0.39, 0.29) is 30.0 Å². The third-order valence-electron chi connectivity index (χ3n) is 4.24. The SMILES string of the molecule is O=C(CNc1ccc(Br)cc1Cl)N(c1ccccc1)[C@H]1CCS(=O)(=O)C1. The van der Waals surface area contributed by atoms with Gasteiger partial charge in [-0.25, -0.2) is 8.42 Å². The second-order valence-corrected chi connectivity index (χ2v) is 9.69. The van der Waals surface area contributed by atoms with E-state index in [1.165, 1.54) is 0 Å². The summed E-state index contributed by atoms with van der Waals surface area (Å²) in [6, 6.07) is 14.2. The molecule has 0 spiro atoms. The molecule has 8 heteroatoms. The summed E-state index contributed by atoms with van der Waals surface area (Å²) in [6.45, 7) is 0.0206. The van der Waals surface area contributed by atoms with Crippen LogP contribution in [0.4, 0.5) is 11.4 Å². The molecule has 0 bridgehead atoms. The van der Waals surface area contributed by atoms with E-state index in [2.05, 4.69) is 21.2 Å². The quantitative estimate of drug-likeness (QED) is 0.743. The Bertz CT molecular complexity index is 906. The number of para-hydroxylation sites is 1. The molecule has 0 radical (unpaired) electrons. The van der Waals surface area contributed by atoms with E-state index in [1.807, 2.05) is 36.4 Å². The largest absolute Gasteiger partial charge is 0.375 e. The molecule has 0 aromatic heterocycles. The Morgan fingerprint density at radius 3 is 2.58 bits per heavy atom. The molecule has 1 aliphatic heterocycles. The highest BCUT2D eigenvalue weighted by Gasteiger charge is 2.35. The summed E-state index contributed by atoms with van der Waals surface area (Å²) in [4.78, 5) is 14.5. The standard InChI is InChI=1S/C18H18BrClN2O3S/c19-13-6-7-17(16(20)10-13)21-11-18(23)22(14-4-2-1-3-5-14)15-8-9-26(24,25)12-15/h1-7,10,15,21H,8-9,11-12H2/t15-/m0/s1. The van der Waals surface area contributed by atoms with Crippen molar-refractivity contribution in [1.82, 2.24) is 0 Å².